The molecule has 1 aliphatic rings. The number of anilines is 1. The van der Waals surface area contributed by atoms with E-state index in [4.69, 9.17) is 19.4 Å². The number of aryl methyl sites for hydroxylation is 1. The Morgan fingerprint density at radius 3 is 2.79 bits per heavy atom. The number of ether oxygens (including phenoxy) is 2. The second-order valence-corrected chi connectivity index (χ2v) is 8.95. The van der Waals surface area contributed by atoms with Crippen molar-refractivity contribution in [1.82, 2.24) is 29.8 Å². The monoisotopic (exact) mass is 519 g/mol. The lowest BCUT2D eigenvalue weighted by molar-refractivity contribution is -0.137. The molecule has 1 aliphatic heterocycles. The summed E-state index contributed by atoms with van der Waals surface area (Å²) in [7, 11) is 1.43. The maximum Gasteiger partial charge on any atom is 0.251 e. The fourth-order valence-corrected chi connectivity index (χ4v) is 4.40. The summed E-state index contributed by atoms with van der Waals surface area (Å²) in [6.45, 7) is 4.87. The maximum atomic E-state index is 12.2. The minimum atomic E-state index is -1.43. The molecule has 0 saturated carbocycles. The summed E-state index contributed by atoms with van der Waals surface area (Å²) >= 11 is 0. The lowest BCUT2D eigenvalue weighted by Crippen LogP contribution is -2.41. The molecule has 12 nitrogen and oxygen atoms in total. The molecule has 1 saturated heterocycles. The molecule has 1 amide bonds. The van der Waals surface area contributed by atoms with Crippen molar-refractivity contribution in [1.29, 1.82) is 0 Å². The molecule has 0 spiro atoms. The van der Waals surface area contributed by atoms with Crippen molar-refractivity contribution in [3.8, 4) is 17.1 Å². The second kappa shape index (κ2) is 10.7. The average molecular weight is 520 g/mol. The normalized spacial score (nSPS) is 21.0. The number of imidazole rings is 1. The van der Waals surface area contributed by atoms with Crippen LogP contribution >= 0.6 is 0 Å². The molecule has 38 heavy (non-hydrogen) atoms. The van der Waals surface area contributed by atoms with Gasteiger partial charge in [-0.2, -0.15) is 0 Å². The third kappa shape index (κ3) is 4.88. The second-order valence-electron chi connectivity index (χ2n) is 8.95. The van der Waals surface area contributed by atoms with Gasteiger partial charge in [-0.15, -0.1) is 0 Å². The van der Waals surface area contributed by atoms with Crippen LogP contribution in [0.25, 0.3) is 22.6 Å². The first-order valence-electron chi connectivity index (χ1n) is 12.2. The highest BCUT2D eigenvalue weighted by Gasteiger charge is 2.47. The van der Waals surface area contributed by atoms with Gasteiger partial charge in [-0.3, -0.25) is 14.3 Å². The molecule has 4 atom stereocenters. The highest BCUT2D eigenvalue weighted by atomic mass is 16.6. The molecule has 12 heteroatoms. The number of hydrogen-bond donors (Lipinski definition) is 4. The van der Waals surface area contributed by atoms with E-state index in [-0.39, 0.29) is 0 Å². The molecule has 198 valence electrons. The highest BCUT2D eigenvalue weighted by Crippen LogP contribution is 2.34. The van der Waals surface area contributed by atoms with Gasteiger partial charge in [0.05, 0.1) is 19.1 Å². The summed E-state index contributed by atoms with van der Waals surface area (Å²) in [5.74, 6) is 0.833. The van der Waals surface area contributed by atoms with Gasteiger partial charge in [0, 0.05) is 25.4 Å². The van der Waals surface area contributed by atoms with Crippen LogP contribution in [0.4, 0.5) is 5.82 Å². The van der Waals surface area contributed by atoms with Crippen LogP contribution in [0.2, 0.25) is 0 Å². The van der Waals surface area contributed by atoms with Gasteiger partial charge >= 0.3 is 0 Å². The molecule has 1 aromatic carbocycles. The predicted octanol–water partition coefficient (Wildman–Crippen LogP) is 1.57. The number of amides is 1. The minimum absolute atomic E-state index is 0.343. The van der Waals surface area contributed by atoms with Crippen LogP contribution in [-0.2, 0) is 16.1 Å². The van der Waals surface area contributed by atoms with Crippen molar-refractivity contribution in [2.24, 2.45) is 0 Å². The van der Waals surface area contributed by atoms with E-state index in [1.807, 2.05) is 32.0 Å². The van der Waals surface area contributed by atoms with E-state index in [2.05, 4.69) is 26.7 Å². The Kier molecular flexibility index (Phi) is 7.18. The summed E-state index contributed by atoms with van der Waals surface area (Å²) in [5, 5.41) is 27.0. The summed E-state index contributed by atoms with van der Waals surface area (Å²) in [6.07, 6.45) is -0.480. The number of pyridine rings is 1. The standard InChI is InChI=1S/C26H29N7O5/c1-4-37-17-9-16(11-28-12-17)22-31-23(29-10-15-7-5-6-14(2)8-15)18-24(32-22)33(13-30-18)26-20(35)19(34)21(38-26)25(36)27-3/h5-9,11-13,19-21,26,34-35H,4,10H2,1-3H3,(H,27,36)(H,29,31,32). The lowest BCUT2D eigenvalue weighted by atomic mass is 10.1. The van der Waals surface area contributed by atoms with Crippen molar-refractivity contribution in [3.05, 3.63) is 60.2 Å². The van der Waals surface area contributed by atoms with Gasteiger partial charge in [0.2, 0.25) is 0 Å². The number of carbonyl (C=O) groups excluding carboxylic acids is 1. The van der Waals surface area contributed by atoms with Crippen LogP contribution in [0.15, 0.2) is 49.1 Å². The van der Waals surface area contributed by atoms with Crippen LogP contribution in [0.5, 0.6) is 5.75 Å². The van der Waals surface area contributed by atoms with Gasteiger partial charge in [0.25, 0.3) is 5.91 Å². The van der Waals surface area contributed by atoms with E-state index in [1.54, 1.807) is 18.5 Å². The topological polar surface area (TPSA) is 157 Å². The van der Waals surface area contributed by atoms with Crippen LogP contribution in [0.3, 0.4) is 0 Å². The number of hydrogen-bond acceptors (Lipinski definition) is 10. The Morgan fingerprint density at radius 1 is 1.18 bits per heavy atom. The van der Waals surface area contributed by atoms with Crippen molar-refractivity contribution in [2.75, 3.05) is 19.0 Å². The summed E-state index contributed by atoms with van der Waals surface area (Å²) in [5.41, 5.74) is 3.59. The number of benzene rings is 1. The minimum Gasteiger partial charge on any atom is -0.492 e. The van der Waals surface area contributed by atoms with Crippen LogP contribution < -0.4 is 15.4 Å². The number of carbonyl (C=O) groups is 1. The molecule has 4 aromatic rings. The molecule has 4 heterocycles. The molecule has 0 bridgehead atoms. The van der Waals surface area contributed by atoms with Gasteiger partial charge in [-0.05, 0) is 25.5 Å². The molecule has 0 radical (unpaired) electrons. The Bertz CT molecular complexity index is 1460. The molecular formula is C26H29N7O5. The van der Waals surface area contributed by atoms with Crippen LogP contribution in [-0.4, -0.2) is 72.6 Å². The van der Waals surface area contributed by atoms with Crippen molar-refractivity contribution in [2.45, 2.75) is 44.9 Å². The Labute approximate surface area is 218 Å². The zero-order valence-corrected chi connectivity index (χ0v) is 21.2. The lowest BCUT2D eigenvalue weighted by Gasteiger charge is -2.17. The average Bonchev–Trinajstić information content (AvgIpc) is 3.47. The number of likely N-dealkylation sites (N-methyl/N-ethyl adjacent to an activating group) is 1. The summed E-state index contributed by atoms with van der Waals surface area (Å²) in [4.78, 5) is 30.4. The van der Waals surface area contributed by atoms with E-state index in [0.29, 0.717) is 47.3 Å². The van der Waals surface area contributed by atoms with E-state index in [0.717, 1.165) is 11.1 Å². The van der Waals surface area contributed by atoms with E-state index in [1.165, 1.54) is 17.9 Å². The predicted molar refractivity (Wildman–Crippen MR) is 138 cm³/mol. The van der Waals surface area contributed by atoms with E-state index in [9.17, 15) is 15.0 Å². The van der Waals surface area contributed by atoms with Crippen molar-refractivity contribution >= 4 is 22.9 Å². The fraction of sp³-hybridized carbons (Fsp3) is 0.346. The number of aromatic nitrogens is 5. The maximum absolute atomic E-state index is 12.2. The van der Waals surface area contributed by atoms with Gasteiger partial charge < -0.3 is 30.3 Å². The molecule has 3 aromatic heterocycles. The van der Waals surface area contributed by atoms with E-state index >= 15 is 0 Å². The summed E-state index contributed by atoms with van der Waals surface area (Å²) < 4.78 is 12.9. The first kappa shape index (κ1) is 25.5. The Hall–Kier alpha value is -4.13. The van der Waals surface area contributed by atoms with Crippen molar-refractivity contribution < 1.29 is 24.5 Å². The number of nitrogens with one attached hydrogen (secondary N) is 2. The van der Waals surface area contributed by atoms with Gasteiger partial charge in [0.1, 0.15) is 18.0 Å². The molecule has 4 unspecified atom stereocenters. The smallest absolute Gasteiger partial charge is 0.251 e. The number of aliphatic hydroxyl groups excluding tert-OH is 2. The Balaban J connectivity index is 1.58. The zero-order chi connectivity index (χ0) is 26.8. The number of nitrogens with zero attached hydrogens (tertiary/aromatic N) is 5. The van der Waals surface area contributed by atoms with E-state index < -0.39 is 30.4 Å². The van der Waals surface area contributed by atoms with Crippen LogP contribution in [0, 0.1) is 6.92 Å². The largest absolute Gasteiger partial charge is 0.492 e. The SMILES string of the molecule is CCOc1cncc(-c2nc(NCc3cccc(C)c3)c3ncn(C4OC(C(=O)NC)C(O)C4O)c3n2)c1. The molecule has 5 rings (SSSR count). The molecular weight excluding hydrogens is 490 g/mol. The van der Waals surface area contributed by atoms with Crippen LogP contribution in [0.1, 0.15) is 24.3 Å². The van der Waals surface area contributed by atoms with Gasteiger partial charge in [-0.25, -0.2) is 15.0 Å². The molecule has 0 aliphatic carbocycles. The third-order valence-corrected chi connectivity index (χ3v) is 6.26. The zero-order valence-electron chi connectivity index (χ0n) is 21.2. The summed E-state index contributed by atoms with van der Waals surface area (Å²) in [6, 6.07) is 9.88. The number of aliphatic hydroxyl groups is 2. The van der Waals surface area contributed by atoms with Gasteiger partial charge in [0.15, 0.2) is 35.1 Å². The first-order chi connectivity index (χ1) is 18.4. The van der Waals surface area contributed by atoms with Gasteiger partial charge in [-0.1, -0.05) is 29.8 Å². The quantitative estimate of drug-likeness (QED) is 0.269. The molecule has 4 N–H and O–H groups in total. The number of fused-ring (bicyclic) bond motifs is 1. The highest BCUT2D eigenvalue weighted by molar-refractivity contribution is 5.85. The van der Waals surface area contributed by atoms with Crippen molar-refractivity contribution in [3.63, 3.8) is 0 Å². The first-order valence-corrected chi connectivity index (χ1v) is 12.2. The number of rotatable bonds is 8. The Morgan fingerprint density at radius 2 is 2.03 bits per heavy atom. The third-order valence-electron chi connectivity index (χ3n) is 6.26. The molecule has 1 fully saturated rings. The fourth-order valence-electron chi connectivity index (χ4n) is 4.40.